The molecule has 0 spiro atoms. The number of benzene rings is 1. The van der Waals surface area contributed by atoms with Crippen LogP contribution in [0.4, 0.5) is 0 Å². The van der Waals surface area contributed by atoms with Gasteiger partial charge in [-0.05, 0) is 0 Å². The van der Waals surface area contributed by atoms with Crippen molar-refractivity contribution >= 4 is 19.4 Å². The Kier molecular flexibility index (Phi) is 4.74. The number of rotatable bonds is 5. The van der Waals surface area contributed by atoms with Crippen LogP contribution in [0.2, 0.25) is 4.82 Å². The Bertz CT molecular complexity index is 471. The van der Waals surface area contributed by atoms with Gasteiger partial charge in [-0.3, -0.25) is 0 Å². The minimum absolute atomic E-state index is 0.0580. The molecule has 1 aromatic rings. The van der Waals surface area contributed by atoms with E-state index in [0.717, 1.165) is 19.4 Å². The Morgan fingerprint density at radius 1 is 1.25 bits per heavy atom. The van der Waals surface area contributed by atoms with Crippen molar-refractivity contribution in [2.75, 3.05) is 6.61 Å². The third-order valence-corrected chi connectivity index (χ3v) is 6.31. The molecule has 0 aromatic heterocycles. The van der Waals surface area contributed by atoms with E-state index in [2.05, 4.69) is 49.1 Å². The van der Waals surface area contributed by atoms with Gasteiger partial charge in [0.25, 0.3) is 0 Å². The van der Waals surface area contributed by atoms with Crippen LogP contribution in [-0.4, -0.2) is 39.9 Å². The fourth-order valence-electron chi connectivity index (χ4n) is 2.52. The van der Waals surface area contributed by atoms with E-state index in [-0.39, 0.29) is 18.3 Å². The molecule has 4 atom stereocenters. The molecule has 106 valence electrons. The van der Waals surface area contributed by atoms with Crippen LogP contribution in [0, 0.1) is 0 Å². The standard InChI is InChI=1S/C17H20O2Se/c1-2-14-15(9-6-12-18-14)19-16-10-11-17(16)20-13-7-4-3-5-8-13/h2-5,7-8,10-11,14-17H,1,6,9,12H2/t14?,15?,16-,17-/m1/s1. The van der Waals surface area contributed by atoms with Crippen molar-refractivity contribution < 1.29 is 9.47 Å². The molecule has 2 aliphatic rings. The average Bonchev–Trinajstić information content (AvgIpc) is 2.50. The van der Waals surface area contributed by atoms with E-state index in [1.807, 2.05) is 6.08 Å². The zero-order valence-electron chi connectivity index (χ0n) is 11.5. The van der Waals surface area contributed by atoms with Crippen molar-refractivity contribution in [3.05, 3.63) is 55.1 Å². The minimum atomic E-state index is 0.0580. The summed E-state index contributed by atoms with van der Waals surface area (Å²) in [5.41, 5.74) is 0. The van der Waals surface area contributed by atoms with Gasteiger partial charge in [0, 0.05) is 0 Å². The van der Waals surface area contributed by atoms with Crippen LogP contribution in [0.15, 0.2) is 55.1 Å². The molecule has 2 unspecified atom stereocenters. The molecule has 0 saturated carbocycles. The van der Waals surface area contributed by atoms with E-state index < -0.39 is 0 Å². The Morgan fingerprint density at radius 2 is 2.10 bits per heavy atom. The summed E-state index contributed by atoms with van der Waals surface area (Å²) in [4.78, 5) is 0.553. The van der Waals surface area contributed by atoms with Gasteiger partial charge in [0.2, 0.25) is 0 Å². The van der Waals surface area contributed by atoms with E-state index in [1.54, 1.807) is 0 Å². The third kappa shape index (κ3) is 3.24. The summed E-state index contributed by atoms with van der Waals surface area (Å²) < 4.78 is 13.4. The topological polar surface area (TPSA) is 18.5 Å². The van der Waals surface area contributed by atoms with E-state index >= 15 is 0 Å². The molecule has 2 nitrogen and oxygen atoms in total. The molecular weight excluding hydrogens is 315 g/mol. The van der Waals surface area contributed by atoms with Crippen molar-refractivity contribution in [1.29, 1.82) is 0 Å². The van der Waals surface area contributed by atoms with E-state index in [0.29, 0.717) is 19.8 Å². The van der Waals surface area contributed by atoms with Gasteiger partial charge in [-0.1, -0.05) is 0 Å². The predicted octanol–water partition coefficient (Wildman–Crippen LogP) is 2.49. The Labute approximate surface area is 127 Å². The molecule has 0 bridgehead atoms. The van der Waals surface area contributed by atoms with Crippen LogP contribution in [0.3, 0.4) is 0 Å². The molecule has 3 heteroatoms. The molecule has 20 heavy (non-hydrogen) atoms. The molecule has 1 aromatic carbocycles. The summed E-state index contributed by atoms with van der Waals surface area (Å²) in [7, 11) is 0. The van der Waals surface area contributed by atoms with Crippen molar-refractivity contribution in [3.8, 4) is 0 Å². The van der Waals surface area contributed by atoms with Gasteiger partial charge in [0.1, 0.15) is 0 Å². The van der Waals surface area contributed by atoms with Crippen molar-refractivity contribution in [2.24, 2.45) is 0 Å². The van der Waals surface area contributed by atoms with Crippen molar-refractivity contribution in [1.82, 2.24) is 0 Å². The summed E-state index contributed by atoms with van der Waals surface area (Å²) >= 11 is 0.444. The van der Waals surface area contributed by atoms with Gasteiger partial charge in [-0.25, -0.2) is 0 Å². The first kappa shape index (κ1) is 14.1. The van der Waals surface area contributed by atoms with Crippen molar-refractivity contribution in [2.45, 2.75) is 36.0 Å². The summed E-state index contributed by atoms with van der Waals surface area (Å²) in [6, 6.07) is 10.7. The Hall–Kier alpha value is -0.861. The van der Waals surface area contributed by atoms with Crippen LogP contribution >= 0.6 is 0 Å². The molecule has 0 amide bonds. The fourth-order valence-corrected chi connectivity index (χ4v) is 4.80. The first-order valence-electron chi connectivity index (χ1n) is 7.16. The van der Waals surface area contributed by atoms with Crippen LogP contribution in [0.5, 0.6) is 0 Å². The van der Waals surface area contributed by atoms with Crippen molar-refractivity contribution in [3.63, 3.8) is 0 Å². The second-order valence-corrected chi connectivity index (χ2v) is 7.76. The molecule has 1 aliphatic carbocycles. The average molecular weight is 335 g/mol. The number of hydrogen-bond donors (Lipinski definition) is 0. The molecule has 1 fully saturated rings. The molecule has 3 rings (SSSR count). The molecule has 0 N–H and O–H groups in total. The van der Waals surface area contributed by atoms with Gasteiger partial charge in [0.05, 0.1) is 0 Å². The molecule has 1 aliphatic heterocycles. The van der Waals surface area contributed by atoms with Crippen LogP contribution < -0.4 is 4.46 Å². The molecule has 0 radical (unpaired) electrons. The predicted molar refractivity (Wildman–Crippen MR) is 82.6 cm³/mol. The second-order valence-electron chi connectivity index (χ2n) is 5.13. The Balaban J connectivity index is 1.56. The van der Waals surface area contributed by atoms with E-state index in [4.69, 9.17) is 9.47 Å². The summed E-state index contributed by atoms with van der Waals surface area (Å²) in [5, 5.41) is 0. The summed E-state index contributed by atoms with van der Waals surface area (Å²) in [6.45, 7) is 4.68. The number of hydrogen-bond acceptors (Lipinski definition) is 2. The van der Waals surface area contributed by atoms with Crippen LogP contribution in [0.1, 0.15) is 12.8 Å². The number of ether oxygens (including phenoxy) is 2. The zero-order chi connectivity index (χ0) is 13.8. The fraction of sp³-hybridized carbons (Fsp3) is 0.412. The SMILES string of the molecule is C=CC1OCCCC1O[C@@H]1C=C[C@H]1[Se]c1ccccc1. The first-order valence-corrected chi connectivity index (χ1v) is 9.01. The van der Waals surface area contributed by atoms with Gasteiger partial charge in [0.15, 0.2) is 0 Å². The van der Waals surface area contributed by atoms with Gasteiger partial charge >= 0.3 is 127 Å². The molecule has 1 saturated heterocycles. The van der Waals surface area contributed by atoms with Crippen LogP contribution in [-0.2, 0) is 9.47 Å². The quantitative estimate of drug-likeness (QED) is 0.608. The van der Waals surface area contributed by atoms with Gasteiger partial charge in [-0.15, -0.1) is 0 Å². The van der Waals surface area contributed by atoms with Gasteiger partial charge < -0.3 is 0 Å². The van der Waals surface area contributed by atoms with E-state index in [1.165, 1.54) is 4.46 Å². The molecule has 1 heterocycles. The normalized spacial score (nSPS) is 32.6. The van der Waals surface area contributed by atoms with E-state index in [9.17, 15) is 0 Å². The first-order chi connectivity index (χ1) is 9.86. The summed E-state index contributed by atoms with van der Waals surface area (Å²) in [5.74, 6) is 0. The third-order valence-electron chi connectivity index (χ3n) is 3.70. The zero-order valence-corrected chi connectivity index (χ0v) is 13.2. The summed E-state index contributed by atoms with van der Waals surface area (Å²) in [6.07, 6.45) is 8.99. The maximum atomic E-state index is 6.25. The monoisotopic (exact) mass is 336 g/mol. The maximum absolute atomic E-state index is 6.25. The second kappa shape index (κ2) is 6.73. The Morgan fingerprint density at radius 3 is 2.80 bits per heavy atom. The molecular formula is C17H20O2Se. The van der Waals surface area contributed by atoms with Gasteiger partial charge in [-0.2, -0.15) is 0 Å². The van der Waals surface area contributed by atoms with Crippen LogP contribution in [0.25, 0.3) is 0 Å².